The molecule has 4 aromatic rings. The van der Waals surface area contributed by atoms with Gasteiger partial charge in [-0.3, -0.25) is 4.57 Å². The highest BCUT2D eigenvalue weighted by Crippen LogP contribution is 2.25. The lowest BCUT2D eigenvalue weighted by atomic mass is 9.96. The summed E-state index contributed by atoms with van der Waals surface area (Å²) in [6.45, 7) is 6.99. The zero-order chi connectivity index (χ0) is 22.6. The topological polar surface area (TPSA) is 61.8 Å². The van der Waals surface area contributed by atoms with Crippen LogP contribution in [0.4, 0.5) is 0 Å². The van der Waals surface area contributed by atoms with Gasteiger partial charge in [-0.05, 0) is 81.9 Å². The molecule has 2 N–H and O–H groups in total. The van der Waals surface area contributed by atoms with E-state index in [9.17, 15) is 0 Å². The van der Waals surface area contributed by atoms with Gasteiger partial charge in [0.05, 0.1) is 0 Å². The Hall–Kier alpha value is -2.96. The molecule has 0 saturated carbocycles. The highest BCUT2D eigenvalue weighted by Gasteiger charge is 2.26. The molecule has 0 amide bonds. The van der Waals surface area contributed by atoms with Crippen molar-refractivity contribution in [2.75, 3.05) is 13.1 Å². The number of likely N-dealkylation sites (tertiary alicyclic amines) is 1. The number of aromatic amines is 1. The molecule has 2 unspecified atom stereocenters. The van der Waals surface area contributed by atoms with Gasteiger partial charge >= 0.3 is 0 Å². The van der Waals surface area contributed by atoms with E-state index in [-0.39, 0.29) is 0 Å². The molecule has 1 saturated heterocycles. The largest absolute Gasteiger partial charge is 0.361 e. The smallest absolute Gasteiger partial charge is 0.123 e. The van der Waals surface area contributed by atoms with Crippen LogP contribution in [-0.4, -0.2) is 49.8 Å². The fourth-order valence-corrected chi connectivity index (χ4v) is 5.24. The number of nitrogens with one attached hydrogen (secondary N) is 2. The molecule has 0 radical (unpaired) electrons. The zero-order valence-corrected chi connectivity index (χ0v) is 19.6. The molecule has 172 valence electrons. The Morgan fingerprint density at radius 1 is 1.12 bits per heavy atom. The van der Waals surface area contributed by atoms with Crippen molar-refractivity contribution in [1.29, 1.82) is 0 Å². The van der Waals surface area contributed by atoms with Gasteiger partial charge in [-0.15, -0.1) is 10.2 Å². The van der Waals surface area contributed by atoms with E-state index in [4.69, 9.17) is 0 Å². The maximum Gasteiger partial charge on any atom is 0.123 e. The molecule has 0 spiro atoms. The second kappa shape index (κ2) is 9.89. The molecule has 1 aliphatic rings. The van der Waals surface area contributed by atoms with Gasteiger partial charge < -0.3 is 15.2 Å². The number of aryl methyl sites for hydroxylation is 1. The third-order valence-corrected chi connectivity index (χ3v) is 7.16. The minimum Gasteiger partial charge on any atom is -0.361 e. The first-order chi connectivity index (χ1) is 16.2. The van der Waals surface area contributed by atoms with Gasteiger partial charge in [-0.1, -0.05) is 30.3 Å². The minimum atomic E-state index is 0.403. The van der Waals surface area contributed by atoms with E-state index < -0.39 is 0 Å². The van der Waals surface area contributed by atoms with Gasteiger partial charge in [0.2, 0.25) is 0 Å². The summed E-state index contributed by atoms with van der Waals surface area (Å²) in [6.07, 6.45) is 10.4. The number of rotatable bonds is 8. The lowest BCUT2D eigenvalue weighted by Crippen LogP contribution is -2.48. The second-order valence-corrected chi connectivity index (χ2v) is 9.42. The summed E-state index contributed by atoms with van der Waals surface area (Å²) in [6, 6.07) is 18.9. The summed E-state index contributed by atoms with van der Waals surface area (Å²) in [5, 5.41) is 13.0. The number of H-pyrrole nitrogens is 1. The Balaban J connectivity index is 1.13. The molecule has 3 atom stereocenters. The van der Waals surface area contributed by atoms with Crippen molar-refractivity contribution in [3.63, 3.8) is 0 Å². The second-order valence-electron chi connectivity index (χ2n) is 9.42. The number of piperidine rings is 1. The number of nitrogens with zero attached hydrogens (tertiary/aromatic N) is 4. The van der Waals surface area contributed by atoms with Crippen molar-refractivity contribution in [2.45, 2.75) is 57.7 Å². The summed E-state index contributed by atoms with van der Waals surface area (Å²) in [5.41, 5.74) is 5.05. The summed E-state index contributed by atoms with van der Waals surface area (Å²) in [4.78, 5) is 6.10. The maximum absolute atomic E-state index is 3.93. The molecular weight excluding hydrogens is 408 g/mol. The van der Waals surface area contributed by atoms with E-state index in [2.05, 4.69) is 94.0 Å². The summed E-state index contributed by atoms with van der Waals surface area (Å²) >= 11 is 0. The first-order valence-electron chi connectivity index (χ1n) is 12.2. The van der Waals surface area contributed by atoms with E-state index in [0.29, 0.717) is 18.1 Å². The van der Waals surface area contributed by atoms with Gasteiger partial charge in [-0.25, -0.2) is 0 Å². The third-order valence-electron chi connectivity index (χ3n) is 7.16. The summed E-state index contributed by atoms with van der Waals surface area (Å²) in [5.74, 6) is 0. The molecule has 1 aliphatic heterocycles. The van der Waals surface area contributed by atoms with E-state index in [1.807, 2.05) is 4.57 Å². The first kappa shape index (κ1) is 21.9. The van der Waals surface area contributed by atoms with Crippen molar-refractivity contribution in [3.05, 3.63) is 78.5 Å². The average Bonchev–Trinajstić information content (AvgIpc) is 3.51. The van der Waals surface area contributed by atoms with Gasteiger partial charge in [0, 0.05) is 40.9 Å². The Morgan fingerprint density at radius 3 is 2.73 bits per heavy atom. The number of hydrogen-bond acceptors (Lipinski definition) is 4. The molecule has 33 heavy (non-hydrogen) atoms. The summed E-state index contributed by atoms with van der Waals surface area (Å²) < 4.78 is 1.95. The molecule has 6 heteroatoms. The van der Waals surface area contributed by atoms with Crippen molar-refractivity contribution < 1.29 is 0 Å². The Bertz CT molecular complexity index is 1150. The highest BCUT2D eigenvalue weighted by atomic mass is 15.2. The average molecular weight is 443 g/mol. The first-order valence-corrected chi connectivity index (χ1v) is 12.2. The Labute approximate surface area is 196 Å². The monoisotopic (exact) mass is 442 g/mol. The number of aromatic nitrogens is 4. The molecule has 0 aliphatic carbocycles. The number of hydrogen-bond donors (Lipinski definition) is 2. The van der Waals surface area contributed by atoms with Crippen LogP contribution in [0.1, 0.15) is 50.3 Å². The predicted molar refractivity (Wildman–Crippen MR) is 134 cm³/mol. The van der Waals surface area contributed by atoms with Crippen LogP contribution in [0.15, 0.2) is 67.4 Å². The molecule has 1 fully saturated rings. The highest BCUT2D eigenvalue weighted by molar-refractivity contribution is 5.85. The van der Waals surface area contributed by atoms with Crippen LogP contribution in [0, 0.1) is 0 Å². The fourth-order valence-electron chi connectivity index (χ4n) is 5.24. The van der Waals surface area contributed by atoms with Crippen LogP contribution in [0.5, 0.6) is 0 Å². The predicted octanol–water partition coefficient (Wildman–Crippen LogP) is 4.88. The molecule has 2 aromatic carbocycles. The van der Waals surface area contributed by atoms with Gasteiger partial charge in [0.25, 0.3) is 0 Å². The van der Waals surface area contributed by atoms with Crippen LogP contribution >= 0.6 is 0 Å². The van der Waals surface area contributed by atoms with Gasteiger partial charge in [0.15, 0.2) is 0 Å². The number of benzene rings is 2. The van der Waals surface area contributed by atoms with Crippen LogP contribution in [0.2, 0.25) is 0 Å². The quantitative estimate of drug-likeness (QED) is 0.408. The van der Waals surface area contributed by atoms with Gasteiger partial charge in [-0.2, -0.15) is 0 Å². The Kier molecular flexibility index (Phi) is 6.55. The van der Waals surface area contributed by atoms with Crippen LogP contribution < -0.4 is 5.32 Å². The SMILES string of the molecule is CC1CC(N[C@@H](C)c2ccccc2)CCN1CCCc1c[nH]c2ccc(-n3cnnc3)cc12. The van der Waals surface area contributed by atoms with E-state index in [1.54, 1.807) is 12.7 Å². The molecule has 2 aromatic heterocycles. The van der Waals surface area contributed by atoms with Crippen molar-refractivity contribution in [1.82, 2.24) is 30.0 Å². The van der Waals surface area contributed by atoms with Crippen LogP contribution in [-0.2, 0) is 6.42 Å². The lowest BCUT2D eigenvalue weighted by Gasteiger charge is -2.39. The summed E-state index contributed by atoms with van der Waals surface area (Å²) in [7, 11) is 0. The maximum atomic E-state index is 3.93. The molecule has 6 nitrogen and oxygen atoms in total. The lowest BCUT2D eigenvalue weighted by molar-refractivity contribution is 0.131. The normalized spacial score (nSPS) is 20.3. The van der Waals surface area contributed by atoms with Gasteiger partial charge in [0.1, 0.15) is 12.7 Å². The van der Waals surface area contributed by atoms with E-state index >= 15 is 0 Å². The molecule has 3 heterocycles. The molecule has 0 bridgehead atoms. The van der Waals surface area contributed by atoms with Crippen LogP contribution in [0.25, 0.3) is 16.6 Å². The molecule has 5 rings (SSSR count). The van der Waals surface area contributed by atoms with Crippen LogP contribution in [0.3, 0.4) is 0 Å². The van der Waals surface area contributed by atoms with E-state index in [0.717, 1.165) is 18.7 Å². The van der Waals surface area contributed by atoms with Crippen molar-refractivity contribution in [2.24, 2.45) is 0 Å². The third kappa shape index (κ3) is 5.02. The van der Waals surface area contributed by atoms with Crippen molar-refractivity contribution in [3.8, 4) is 5.69 Å². The fraction of sp³-hybridized carbons (Fsp3) is 0.407. The zero-order valence-electron chi connectivity index (χ0n) is 19.6. The number of fused-ring (bicyclic) bond motifs is 1. The standard InChI is InChI=1S/C27H34N6/c1-20-15-24(31-21(2)22-7-4-3-5-8-22)12-14-32(20)13-6-9-23-17-28-27-11-10-25(16-26(23)27)33-18-29-30-19-33/h3-5,7-8,10-11,16-21,24,28,31H,6,9,12-15H2,1-2H3/t20?,21-,24?/m0/s1. The van der Waals surface area contributed by atoms with Crippen molar-refractivity contribution >= 4 is 10.9 Å². The van der Waals surface area contributed by atoms with E-state index in [1.165, 1.54) is 47.8 Å². The minimum absolute atomic E-state index is 0.403. The Morgan fingerprint density at radius 2 is 1.94 bits per heavy atom. The molecular formula is C27H34N6.